The fraction of sp³-hybridized carbons (Fsp3) is 0.250. The summed E-state index contributed by atoms with van der Waals surface area (Å²) in [5, 5.41) is 10.1. The van der Waals surface area contributed by atoms with Crippen molar-refractivity contribution in [1.82, 2.24) is 34.7 Å². The number of rotatable bonds is 3. The van der Waals surface area contributed by atoms with Crippen LogP contribution in [0.15, 0.2) is 35.8 Å². The Morgan fingerprint density at radius 1 is 1.22 bits per heavy atom. The summed E-state index contributed by atoms with van der Waals surface area (Å²) in [4.78, 5) is 21.8. The lowest BCUT2D eigenvalue weighted by Gasteiger charge is -2.39. The van der Waals surface area contributed by atoms with E-state index in [9.17, 15) is 13.6 Å². The van der Waals surface area contributed by atoms with Gasteiger partial charge in [-0.3, -0.25) is 9.89 Å². The van der Waals surface area contributed by atoms with E-state index in [1.807, 2.05) is 0 Å². The summed E-state index contributed by atoms with van der Waals surface area (Å²) in [7, 11) is 0. The van der Waals surface area contributed by atoms with E-state index in [1.165, 1.54) is 45.2 Å². The number of aromatic nitrogens is 7. The second kappa shape index (κ2) is 4.69. The van der Waals surface area contributed by atoms with E-state index < -0.39 is 24.6 Å². The third kappa shape index (κ3) is 2.25. The second-order valence-corrected chi connectivity index (χ2v) is 5.09. The second-order valence-electron chi connectivity index (χ2n) is 5.09. The first-order valence-corrected chi connectivity index (χ1v) is 6.66. The van der Waals surface area contributed by atoms with Crippen molar-refractivity contribution in [2.75, 3.05) is 18.0 Å². The van der Waals surface area contributed by atoms with Crippen LogP contribution in [-0.2, 0) is 0 Å². The Morgan fingerprint density at radius 3 is 2.70 bits per heavy atom. The number of hydrogen-bond donors (Lipinski definition) is 1. The molecule has 4 heterocycles. The molecule has 23 heavy (non-hydrogen) atoms. The Hall–Kier alpha value is -3.11. The highest BCUT2D eigenvalue weighted by Gasteiger charge is 2.44. The molecule has 3 aromatic rings. The topological polar surface area (TPSA) is 97.5 Å². The van der Waals surface area contributed by atoms with Crippen LogP contribution in [0, 0.1) is 0 Å². The average Bonchev–Trinajstić information content (AvgIpc) is 3.14. The van der Waals surface area contributed by atoms with Gasteiger partial charge >= 0.3 is 0 Å². The fourth-order valence-corrected chi connectivity index (χ4v) is 2.34. The Balaban J connectivity index is 1.68. The van der Waals surface area contributed by atoms with Crippen LogP contribution in [0.4, 0.5) is 14.6 Å². The van der Waals surface area contributed by atoms with E-state index in [2.05, 4.69) is 25.4 Å². The summed E-state index contributed by atoms with van der Waals surface area (Å²) >= 11 is 0. The zero-order valence-corrected chi connectivity index (χ0v) is 11.6. The van der Waals surface area contributed by atoms with Crippen molar-refractivity contribution < 1.29 is 8.78 Å². The summed E-state index contributed by atoms with van der Waals surface area (Å²) in [6, 6.07) is 1.47. The molecule has 11 heteroatoms. The minimum Gasteiger partial charge on any atom is -0.344 e. The molecule has 0 aromatic carbocycles. The van der Waals surface area contributed by atoms with Gasteiger partial charge in [0.15, 0.2) is 11.5 Å². The van der Waals surface area contributed by atoms with Crippen LogP contribution in [0.1, 0.15) is 0 Å². The molecule has 1 fully saturated rings. The lowest BCUT2D eigenvalue weighted by molar-refractivity contribution is -0.0267. The smallest absolute Gasteiger partial charge is 0.298 e. The number of nitrogens with one attached hydrogen (secondary N) is 1. The van der Waals surface area contributed by atoms with Crippen molar-refractivity contribution >= 4 is 5.82 Å². The lowest BCUT2D eigenvalue weighted by Crippen LogP contribution is -2.56. The maximum absolute atomic E-state index is 13.0. The zero-order chi connectivity index (χ0) is 16.0. The van der Waals surface area contributed by atoms with Gasteiger partial charge in [-0.05, 0) is 0 Å². The molecular weight excluding hydrogens is 310 g/mol. The van der Waals surface area contributed by atoms with Crippen molar-refractivity contribution in [2.24, 2.45) is 0 Å². The van der Waals surface area contributed by atoms with E-state index in [-0.39, 0.29) is 11.5 Å². The van der Waals surface area contributed by atoms with Crippen LogP contribution in [-0.4, -0.2) is 53.8 Å². The minimum absolute atomic E-state index is 0.251. The van der Waals surface area contributed by atoms with Gasteiger partial charge in [-0.25, -0.2) is 23.4 Å². The molecule has 3 aromatic heterocycles. The van der Waals surface area contributed by atoms with Gasteiger partial charge in [0.05, 0.1) is 31.7 Å². The van der Waals surface area contributed by atoms with E-state index in [0.29, 0.717) is 5.82 Å². The molecule has 4 rings (SSSR count). The fourth-order valence-electron chi connectivity index (χ4n) is 2.34. The number of H-pyrrole nitrogens is 1. The van der Waals surface area contributed by atoms with Crippen molar-refractivity contribution in [3.63, 3.8) is 0 Å². The maximum atomic E-state index is 13.0. The Kier molecular flexibility index (Phi) is 2.76. The molecule has 0 atom stereocenters. The molecule has 9 nitrogen and oxygen atoms in total. The molecule has 0 amide bonds. The number of alkyl halides is 2. The highest BCUT2D eigenvalue weighted by Crippen LogP contribution is 2.30. The summed E-state index contributed by atoms with van der Waals surface area (Å²) in [5.74, 6) is -2.11. The minimum atomic E-state index is -2.70. The number of hydrogen-bond acceptors (Lipinski definition) is 6. The van der Waals surface area contributed by atoms with Crippen molar-refractivity contribution in [3.8, 4) is 11.5 Å². The van der Waals surface area contributed by atoms with E-state index in [0.717, 1.165) is 0 Å². The summed E-state index contributed by atoms with van der Waals surface area (Å²) in [6.45, 7) is -0.791. The molecule has 0 spiro atoms. The van der Waals surface area contributed by atoms with Crippen LogP contribution in [0.5, 0.6) is 0 Å². The van der Waals surface area contributed by atoms with Crippen molar-refractivity contribution in [3.05, 3.63) is 41.3 Å². The maximum Gasteiger partial charge on any atom is 0.298 e. The largest absolute Gasteiger partial charge is 0.344 e. The van der Waals surface area contributed by atoms with E-state index in [4.69, 9.17) is 0 Å². The number of nitrogens with zero attached hydrogens (tertiary/aromatic N) is 7. The van der Waals surface area contributed by atoms with Gasteiger partial charge in [0.2, 0.25) is 0 Å². The van der Waals surface area contributed by atoms with Crippen LogP contribution < -0.4 is 10.5 Å². The Morgan fingerprint density at radius 2 is 2.00 bits per heavy atom. The molecule has 1 saturated heterocycles. The molecule has 1 N–H and O–H groups in total. The monoisotopic (exact) mass is 320 g/mol. The van der Waals surface area contributed by atoms with Crippen LogP contribution >= 0.6 is 0 Å². The Bertz CT molecular complexity index is 892. The third-order valence-electron chi connectivity index (χ3n) is 3.46. The van der Waals surface area contributed by atoms with Gasteiger partial charge in [0.25, 0.3) is 11.5 Å². The number of halogens is 2. The summed E-state index contributed by atoms with van der Waals surface area (Å²) in [5.41, 5.74) is -0.132. The van der Waals surface area contributed by atoms with Crippen molar-refractivity contribution in [2.45, 2.75) is 5.92 Å². The molecular formula is C12H10F2N8O. The van der Waals surface area contributed by atoms with Gasteiger partial charge in [-0.15, -0.1) is 5.10 Å². The summed E-state index contributed by atoms with van der Waals surface area (Å²) in [6.07, 6.45) is 5.66. The Labute approximate surface area is 127 Å². The van der Waals surface area contributed by atoms with Gasteiger partial charge in [-0.1, -0.05) is 5.21 Å². The number of anilines is 1. The molecule has 0 unspecified atom stereocenters. The molecule has 1 aliphatic rings. The van der Waals surface area contributed by atoms with Crippen LogP contribution in [0.2, 0.25) is 0 Å². The highest BCUT2D eigenvalue weighted by atomic mass is 19.3. The normalized spacial score (nSPS) is 16.3. The molecule has 1 aliphatic heterocycles. The van der Waals surface area contributed by atoms with E-state index >= 15 is 0 Å². The van der Waals surface area contributed by atoms with Gasteiger partial charge in [-0.2, -0.15) is 4.68 Å². The third-order valence-corrected chi connectivity index (χ3v) is 3.46. The number of aromatic amines is 1. The standard InChI is InChI=1S/C12H10F2N8O/c13-12(14)5-20(6-12)9-3-10(16-7-15-9)22-11(23)8(4-18-22)21-2-1-17-19-21/h1-4,7,18H,5-6H2. The average molecular weight is 320 g/mol. The van der Waals surface area contributed by atoms with Crippen LogP contribution in [0.25, 0.3) is 11.5 Å². The first-order valence-electron chi connectivity index (χ1n) is 6.66. The predicted molar refractivity (Wildman–Crippen MR) is 74.1 cm³/mol. The lowest BCUT2D eigenvalue weighted by atomic mass is 10.1. The van der Waals surface area contributed by atoms with Gasteiger partial charge in [0.1, 0.15) is 12.1 Å². The zero-order valence-electron chi connectivity index (χ0n) is 11.6. The molecule has 0 aliphatic carbocycles. The van der Waals surface area contributed by atoms with E-state index in [1.54, 1.807) is 0 Å². The molecule has 0 radical (unpaired) electrons. The SMILES string of the molecule is O=c1c(-n2ccnn2)c[nH]n1-c1cc(N2CC(F)(F)C2)ncn1. The first-order chi connectivity index (χ1) is 11.0. The molecule has 118 valence electrons. The highest BCUT2D eigenvalue weighted by molar-refractivity contribution is 5.47. The van der Waals surface area contributed by atoms with Crippen molar-refractivity contribution in [1.29, 1.82) is 0 Å². The van der Waals surface area contributed by atoms with Gasteiger partial charge in [0, 0.05) is 6.07 Å². The van der Waals surface area contributed by atoms with Crippen LogP contribution in [0.3, 0.4) is 0 Å². The predicted octanol–water partition coefficient (Wildman–Crippen LogP) is -0.00840. The molecule has 0 saturated carbocycles. The molecule has 0 bridgehead atoms. The summed E-state index contributed by atoms with van der Waals surface area (Å²) < 4.78 is 28.4. The quantitative estimate of drug-likeness (QED) is 0.729. The van der Waals surface area contributed by atoms with Gasteiger partial charge < -0.3 is 4.90 Å². The first kappa shape index (κ1) is 13.5.